The Morgan fingerprint density at radius 1 is 1.54 bits per heavy atom. The van der Waals surface area contributed by atoms with E-state index in [2.05, 4.69) is 4.74 Å². The molecule has 1 unspecified atom stereocenters. The third kappa shape index (κ3) is 2.18. The largest absolute Gasteiger partial charge is 0.467 e. The van der Waals surface area contributed by atoms with Crippen LogP contribution in [0.4, 0.5) is 4.39 Å². The molecule has 0 amide bonds. The smallest absolute Gasteiger partial charge is 0.345 e. The van der Waals surface area contributed by atoms with Crippen molar-refractivity contribution >= 4 is 17.6 Å². The van der Waals surface area contributed by atoms with Crippen molar-refractivity contribution in [3.8, 4) is 0 Å². The fraction of sp³-hybridized carbons (Fsp3) is 0.222. The summed E-state index contributed by atoms with van der Waals surface area (Å²) in [7, 11) is 1.13. The number of hydrogen-bond acceptors (Lipinski definition) is 2. The summed E-state index contributed by atoms with van der Waals surface area (Å²) in [6.07, 6.45) is -1.81. The molecule has 0 aliphatic heterocycles. The van der Waals surface area contributed by atoms with Crippen molar-refractivity contribution in [3.05, 3.63) is 34.9 Å². The van der Waals surface area contributed by atoms with Gasteiger partial charge < -0.3 is 4.74 Å². The molecule has 1 rings (SSSR count). The fourth-order valence-electron chi connectivity index (χ4n) is 0.911. The number of methoxy groups -OCH3 is 1. The summed E-state index contributed by atoms with van der Waals surface area (Å²) in [5.74, 6) is -0.937. The van der Waals surface area contributed by atoms with Crippen LogP contribution in [-0.2, 0) is 9.53 Å². The van der Waals surface area contributed by atoms with E-state index in [1.165, 1.54) is 12.1 Å². The number of ether oxygens (including phenoxy) is 1. The normalized spacial score (nSPS) is 12.2. The number of carbonyl (C=O) groups excluding carboxylic acids is 1. The highest BCUT2D eigenvalue weighted by Crippen LogP contribution is 2.26. The van der Waals surface area contributed by atoms with Gasteiger partial charge in [0.25, 0.3) is 0 Å². The molecule has 0 N–H and O–H groups in total. The van der Waals surface area contributed by atoms with Crippen LogP contribution in [0.15, 0.2) is 24.3 Å². The van der Waals surface area contributed by atoms with Gasteiger partial charge in [0.15, 0.2) is 0 Å². The fourth-order valence-corrected chi connectivity index (χ4v) is 1.14. The molecule has 1 aromatic carbocycles. The summed E-state index contributed by atoms with van der Waals surface area (Å²) in [5.41, 5.74) is 0.135. The van der Waals surface area contributed by atoms with Gasteiger partial charge in [-0.25, -0.2) is 9.18 Å². The quantitative estimate of drug-likeness (QED) is 0.689. The maximum Gasteiger partial charge on any atom is 0.345 e. The second-order valence-electron chi connectivity index (χ2n) is 2.41. The van der Waals surface area contributed by atoms with Crippen LogP contribution in [0, 0.1) is 0 Å². The van der Waals surface area contributed by atoms with E-state index in [4.69, 9.17) is 11.6 Å². The zero-order valence-corrected chi connectivity index (χ0v) is 7.72. The highest BCUT2D eigenvalue weighted by molar-refractivity contribution is 6.31. The molecule has 1 atom stereocenters. The number of carbonyl (C=O) groups is 1. The van der Waals surface area contributed by atoms with Gasteiger partial charge >= 0.3 is 5.97 Å². The second kappa shape index (κ2) is 4.23. The second-order valence-corrected chi connectivity index (χ2v) is 2.81. The molecule has 13 heavy (non-hydrogen) atoms. The molecular formula is C9H8ClFO2. The zero-order chi connectivity index (χ0) is 9.84. The maximum absolute atomic E-state index is 13.2. The van der Waals surface area contributed by atoms with Gasteiger partial charge in [0.1, 0.15) is 0 Å². The number of rotatable bonds is 2. The Labute approximate surface area is 80.3 Å². The predicted molar refractivity (Wildman–Crippen MR) is 47.3 cm³/mol. The monoisotopic (exact) mass is 202 g/mol. The number of benzene rings is 1. The molecular weight excluding hydrogens is 195 g/mol. The Morgan fingerprint density at radius 3 is 2.69 bits per heavy atom. The molecule has 0 aliphatic carbocycles. The van der Waals surface area contributed by atoms with Crippen molar-refractivity contribution in [2.75, 3.05) is 7.11 Å². The molecule has 0 radical (unpaired) electrons. The first-order valence-electron chi connectivity index (χ1n) is 3.63. The molecule has 1 aromatic rings. The van der Waals surface area contributed by atoms with Crippen LogP contribution in [-0.4, -0.2) is 13.1 Å². The number of alkyl halides is 1. The summed E-state index contributed by atoms with van der Waals surface area (Å²) in [6, 6.07) is 6.24. The van der Waals surface area contributed by atoms with Crippen molar-refractivity contribution in [2.45, 2.75) is 6.17 Å². The van der Waals surface area contributed by atoms with E-state index in [9.17, 15) is 9.18 Å². The van der Waals surface area contributed by atoms with Crippen LogP contribution >= 0.6 is 11.6 Å². The predicted octanol–water partition coefficient (Wildman–Crippen LogP) is 2.52. The van der Waals surface area contributed by atoms with Crippen molar-refractivity contribution in [3.63, 3.8) is 0 Å². The minimum Gasteiger partial charge on any atom is -0.467 e. The topological polar surface area (TPSA) is 26.3 Å². The van der Waals surface area contributed by atoms with Crippen molar-refractivity contribution < 1.29 is 13.9 Å². The minimum absolute atomic E-state index is 0.135. The van der Waals surface area contributed by atoms with Gasteiger partial charge in [-0.3, -0.25) is 0 Å². The maximum atomic E-state index is 13.2. The van der Waals surface area contributed by atoms with E-state index >= 15 is 0 Å². The van der Waals surface area contributed by atoms with Gasteiger partial charge in [-0.1, -0.05) is 29.8 Å². The molecule has 0 saturated heterocycles. The van der Waals surface area contributed by atoms with Crippen molar-refractivity contribution in [2.24, 2.45) is 0 Å². The standard InChI is InChI=1S/C9H8ClFO2/c1-13-9(12)8(11)6-4-2-3-5-7(6)10/h2-5,8H,1H3. The molecule has 0 spiro atoms. The molecule has 70 valence electrons. The Morgan fingerprint density at radius 2 is 2.15 bits per heavy atom. The first kappa shape index (κ1) is 9.99. The highest BCUT2D eigenvalue weighted by Gasteiger charge is 2.22. The van der Waals surface area contributed by atoms with Crippen LogP contribution in [0.5, 0.6) is 0 Å². The van der Waals surface area contributed by atoms with E-state index in [0.29, 0.717) is 0 Å². The Kier molecular flexibility index (Phi) is 3.25. The van der Waals surface area contributed by atoms with E-state index in [1.54, 1.807) is 12.1 Å². The molecule has 2 nitrogen and oxygen atoms in total. The van der Waals surface area contributed by atoms with Gasteiger partial charge in [-0.2, -0.15) is 0 Å². The SMILES string of the molecule is COC(=O)C(F)c1ccccc1Cl. The Bertz CT molecular complexity index is 314. The lowest BCUT2D eigenvalue weighted by molar-refractivity contribution is -0.146. The summed E-state index contributed by atoms with van der Waals surface area (Å²) in [6.45, 7) is 0. The Balaban J connectivity index is 2.95. The highest BCUT2D eigenvalue weighted by atomic mass is 35.5. The van der Waals surface area contributed by atoms with Crippen LogP contribution < -0.4 is 0 Å². The molecule has 0 fully saturated rings. The van der Waals surface area contributed by atoms with E-state index < -0.39 is 12.1 Å². The lowest BCUT2D eigenvalue weighted by Gasteiger charge is -2.07. The summed E-state index contributed by atoms with van der Waals surface area (Å²) >= 11 is 5.67. The zero-order valence-electron chi connectivity index (χ0n) is 6.96. The molecule has 0 saturated carbocycles. The Hall–Kier alpha value is -1.09. The summed E-state index contributed by atoms with van der Waals surface area (Å²) < 4.78 is 17.5. The molecule has 4 heteroatoms. The molecule has 0 aliphatic rings. The first-order chi connectivity index (χ1) is 6.16. The first-order valence-corrected chi connectivity index (χ1v) is 4.01. The van der Waals surface area contributed by atoms with E-state index in [-0.39, 0.29) is 10.6 Å². The number of hydrogen-bond donors (Lipinski definition) is 0. The van der Waals surface area contributed by atoms with Gasteiger partial charge in [-0.05, 0) is 6.07 Å². The number of halogens is 2. The molecule has 0 bridgehead atoms. The van der Waals surface area contributed by atoms with E-state index in [0.717, 1.165) is 7.11 Å². The lowest BCUT2D eigenvalue weighted by atomic mass is 10.1. The summed E-state index contributed by atoms with van der Waals surface area (Å²) in [4.78, 5) is 10.8. The van der Waals surface area contributed by atoms with Crippen molar-refractivity contribution in [1.29, 1.82) is 0 Å². The van der Waals surface area contributed by atoms with Gasteiger partial charge in [0, 0.05) is 10.6 Å². The molecule has 0 aromatic heterocycles. The molecule has 0 heterocycles. The van der Waals surface area contributed by atoms with Gasteiger partial charge in [-0.15, -0.1) is 0 Å². The van der Waals surface area contributed by atoms with Crippen LogP contribution in [0.2, 0.25) is 5.02 Å². The summed E-state index contributed by atoms with van der Waals surface area (Å²) in [5, 5.41) is 0.223. The van der Waals surface area contributed by atoms with E-state index in [1.807, 2.05) is 0 Å². The van der Waals surface area contributed by atoms with Crippen LogP contribution in [0.1, 0.15) is 11.7 Å². The van der Waals surface area contributed by atoms with Gasteiger partial charge in [0.05, 0.1) is 7.11 Å². The minimum atomic E-state index is -1.81. The third-order valence-corrected chi connectivity index (χ3v) is 1.93. The average Bonchev–Trinajstić information content (AvgIpc) is 2.16. The average molecular weight is 203 g/mol. The number of esters is 1. The van der Waals surface area contributed by atoms with Crippen molar-refractivity contribution in [1.82, 2.24) is 0 Å². The lowest BCUT2D eigenvalue weighted by Crippen LogP contribution is -2.09. The third-order valence-electron chi connectivity index (χ3n) is 1.59. The van der Waals surface area contributed by atoms with Crippen LogP contribution in [0.25, 0.3) is 0 Å². The van der Waals surface area contributed by atoms with Gasteiger partial charge in [0.2, 0.25) is 6.17 Å². The van der Waals surface area contributed by atoms with Crippen LogP contribution in [0.3, 0.4) is 0 Å².